The van der Waals surface area contributed by atoms with Crippen molar-refractivity contribution >= 4 is 21.9 Å². The lowest BCUT2D eigenvalue weighted by molar-refractivity contribution is 0.458. The maximum absolute atomic E-state index is 6.08. The van der Waals surface area contributed by atoms with Gasteiger partial charge in [-0.15, -0.1) is 0 Å². The van der Waals surface area contributed by atoms with E-state index in [1.165, 1.54) is 0 Å². The van der Waals surface area contributed by atoms with Gasteiger partial charge in [0.15, 0.2) is 11.3 Å². The summed E-state index contributed by atoms with van der Waals surface area (Å²) < 4.78 is 12.1. The summed E-state index contributed by atoms with van der Waals surface area (Å²) in [6.45, 7) is 0. The van der Waals surface area contributed by atoms with Gasteiger partial charge in [-0.05, 0) is 18.2 Å². The zero-order valence-corrected chi connectivity index (χ0v) is 13.9. The zero-order chi connectivity index (χ0) is 17.3. The Labute approximate surface area is 150 Å². The predicted molar refractivity (Wildman–Crippen MR) is 103 cm³/mol. The van der Waals surface area contributed by atoms with Crippen molar-refractivity contribution in [1.29, 1.82) is 0 Å². The van der Waals surface area contributed by atoms with E-state index >= 15 is 0 Å². The van der Waals surface area contributed by atoms with Crippen LogP contribution in [-0.2, 0) is 0 Å². The molecule has 0 unspecified atom stereocenters. The maximum atomic E-state index is 6.08. The first-order valence-electron chi connectivity index (χ1n) is 8.49. The Balaban J connectivity index is 1.58. The molecule has 0 N–H and O–H groups in total. The second-order valence-corrected chi connectivity index (χ2v) is 6.06. The van der Waals surface area contributed by atoms with Crippen molar-refractivity contribution < 1.29 is 9.15 Å². The van der Waals surface area contributed by atoms with Crippen molar-refractivity contribution in [1.82, 2.24) is 4.98 Å². The minimum Gasteiger partial charge on any atom is -0.452 e. The van der Waals surface area contributed by atoms with E-state index in [1.807, 2.05) is 84.9 Å². The van der Waals surface area contributed by atoms with Gasteiger partial charge in [-0.25, -0.2) is 4.98 Å². The Morgan fingerprint density at radius 2 is 1.42 bits per heavy atom. The Morgan fingerprint density at radius 3 is 2.35 bits per heavy atom. The van der Waals surface area contributed by atoms with Crippen LogP contribution in [0.5, 0.6) is 11.6 Å². The predicted octanol–water partition coefficient (Wildman–Crippen LogP) is 6.44. The van der Waals surface area contributed by atoms with Crippen molar-refractivity contribution in [2.45, 2.75) is 0 Å². The van der Waals surface area contributed by atoms with Crippen molar-refractivity contribution in [3.8, 4) is 22.9 Å². The molecule has 3 aromatic carbocycles. The number of aromatic nitrogens is 1. The molecule has 0 spiro atoms. The normalized spacial score (nSPS) is 11.1. The second kappa shape index (κ2) is 6.05. The number of nitrogens with zero attached hydrogens (tertiary/aromatic N) is 1. The SMILES string of the molecule is c1ccc(-c2cccc(Oc3cccc4c3oc3ccccc34)n2)cc1. The molecule has 0 fully saturated rings. The summed E-state index contributed by atoms with van der Waals surface area (Å²) in [5, 5.41) is 2.12. The third-order valence-electron chi connectivity index (χ3n) is 4.38. The number of fused-ring (bicyclic) bond motifs is 3. The van der Waals surface area contributed by atoms with E-state index in [-0.39, 0.29) is 0 Å². The molecule has 0 aliphatic rings. The van der Waals surface area contributed by atoms with Crippen LogP contribution in [0.15, 0.2) is 95.4 Å². The molecule has 0 atom stereocenters. The van der Waals surface area contributed by atoms with Crippen LogP contribution in [0.1, 0.15) is 0 Å². The van der Waals surface area contributed by atoms with Crippen LogP contribution in [-0.4, -0.2) is 4.98 Å². The van der Waals surface area contributed by atoms with E-state index in [1.54, 1.807) is 0 Å². The van der Waals surface area contributed by atoms with Gasteiger partial charge in [0.25, 0.3) is 0 Å². The molecule has 0 aliphatic heterocycles. The summed E-state index contributed by atoms with van der Waals surface area (Å²) in [6, 6.07) is 29.8. The molecule has 0 amide bonds. The van der Waals surface area contributed by atoms with Crippen molar-refractivity contribution in [2.75, 3.05) is 0 Å². The van der Waals surface area contributed by atoms with Gasteiger partial charge in [-0.2, -0.15) is 0 Å². The third-order valence-corrected chi connectivity index (χ3v) is 4.38. The molecule has 5 rings (SSSR count). The topological polar surface area (TPSA) is 35.3 Å². The molecule has 5 aromatic rings. The standard InChI is InChI=1S/C23H15NO2/c1-2-8-16(9-3-1)19-12-7-15-22(24-19)25-21-14-6-11-18-17-10-4-5-13-20(17)26-23(18)21/h1-15H. The number of hydrogen-bond acceptors (Lipinski definition) is 3. The largest absolute Gasteiger partial charge is 0.452 e. The lowest BCUT2D eigenvalue weighted by Crippen LogP contribution is -1.90. The molecular weight excluding hydrogens is 322 g/mol. The van der Waals surface area contributed by atoms with E-state index in [2.05, 4.69) is 11.1 Å². The van der Waals surface area contributed by atoms with Crippen LogP contribution in [0, 0.1) is 0 Å². The molecule has 2 aromatic heterocycles. The molecule has 26 heavy (non-hydrogen) atoms. The van der Waals surface area contributed by atoms with Crippen LogP contribution in [0.25, 0.3) is 33.2 Å². The number of pyridine rings is 1. The van der Waals surface area contributed by atoms with Gasteiger partial charge in [0.05, 0.1) is 5.69 Å². The fraction of sp³-hybridized carbons (Fsp3) is 0. The Hall–Kier alpha value is -3.59. The summed E-state index contributed by atoms with van der Waals surface area (Å²) in [7, 11) is 0. The smallest absolute Gasteiger partial charge is 0.219 e. The molecule has 3 heteroatoms. The highest BCUT2D eigenvalue weighted by Gasteiger charge is 2.12. The van der Waals surface area contributed by atoms with Crippen molar-refractivity contribution in [3.05, 3.63) is 91.0 Å². The summed E-state index contributed by atoms with van der Waals surface area (Å²) in [5.41, 5.74) is 3.52. The molecular formula is C23H15NO2. The van der Waals surface area contributed by atoms with Gasteiger partial charge in [-0.1, -0.05) is 66.7 Å². The monoisotopic (exact) mass is 337 g/mol. The molecule has 124 valence electrons. The van der Waals surface area contributed by atoms with Gasteiger partial charge in [-0.3, -0.25) is 0 Å². The van der Waals surface area contributed by atoms with E-state index in [9.17, 15) is 0 Å². The Bertz CT molecular complexity index is 1210. The zero-order valence-electron chi connectivity index (χ0n) is 13.9. The number of rotatable bonds is 3. The second-order valence-electron chi connectivity index (χ2n) is 6.06. The first-order chi connectivity index (χ1) is 12.9. The van der Waals surface area contributed by atoms with Crippen molar-refractivity contribution in [2.24, 2.45) is 0 Å². The molecule has 0 radical (unpaired) electrons. The van der Waals surface area contributed by atoms with Crippen LogP contribution in [0.4, 0.5) is 0 Å². The minimum absolute atomic E-state index is 0.541. The highest BCUT2D eigenvalue weighted by molar-refractivity contribution is 6.06. The first kappa shape index (κ1) is 14.7. The summed E-state index contributed by atoms with van der Waals surface area (Å²) in [5.74, 6) is 1.20. The highest BCUT2D eigenvalue weighted by Crippen LogP contribution is 2.36. The number of para-hydroxylation sites is 2. The van der Waals surface area contributed by atoms with E-state index in [0.29, 0.717) is 11.6 Å². The summed E-state index contributed by atoms with van der Waals surface area (Å²) in [6.07, 6.45) is 0. The van der Waals surface area contributed by atoms with Gasteiger partial charge in [0, 0.05) is 22.4 Å². The van der Waals surface area contributed by atoms with Gasteiger partial charge in [0.2, 0.25) is 5.88 Å². The molecule has 0 saturated carbocycles. The van der Waals surface area contributed by atoms with E-state index < -0.39 is 0 Å². The van der Waals surface area contributed by atoms with Crippen LogP contribution in [0.3, 0.4) is 0 Å². The average molecular weight is 337 g/mol. The summed E-state index contributed by atoms with van der Waals surface area (Å²) >= 11 is 0. The quantitative estimate of drug-likeness (QED) is 0.380. The van der Waals surface area contributed by atoms with Crippen LogP contribution in [0.2, 0.25) is 0 Å². The fourth-order valence-electron chi connectivity index (χ4n) is 3.16. The Kier molecular flexibility index (Phi) is 3.42. The van der Waals surface area contributed by atoms with E-state index in [0.717, 1.165) is 33.2 Å². The number of benzene rings is 3. The molecule has 0 aliphatic carbocycles. The lowest BCUT2D eigenvalue weighted by atomic mass is 10.1. The molecule has 0 saturated heterocycles. The molecule has 0 bridgehead atoms. The third kappa shape index (κ3) is 2.50. The van der Waals surface area contributed by atoms with Gasteiger partial charge >= 0.3 is 0 Å². The maximum Gasteiger partial charge on any atom is 0.219 e. The lowest BCUT2D eigenvalue weighted by Gasteiger charge is -2.07. The molecule has 3 nitrogen and oxygen atoms in total. The number of ether oxygens (including phenoxy) is 1. The average Bonchev–Trinajstić information content (AvgIpc) is 3.09. The Morgan fingerprint density at radius 1 is 0.654 bits per heavy atom. The molecule has 2 heterocycles. The van der Waals surface area contributed by atoms with Crippen molar-refractivity contribution in [3.63, 3.8) is 0 Å². The van der Waals surface area contributed by atoms with Gasteiger partial charge in [0.1, 0.15) is 5.58 Å². The van der Waals surface area contributed by atoms with Crippen LogP contribution >= 0.6 is 0 Å². The first-order valence-corrected chi connectivity index (χ1v) is 8.49. The highest BCUT2D eigenvalue weighted by atomic mass is 16.5. The fourth-order valence-corrected chi connectivity index (χ4v) is 3.16. The summed E-state index contributed by atoms with van der Waals surface area (Å²) in [4.78, 5) is 4.64. The minimum atomic E-state index is 0.541. The van der Waals surface area contributed by atoms with E-state index in [4.69, 9.17) is 9.15 Å². The van der Waals surface area contributed by atoms with Gasteiger partial charge < -0.3 is 9.15 Å². The van der Waals surface area contributed by atoms with Crippen LogP contribution < -0.4 is 4.74 Å². The number of furan rings is 1. The number of hydrogen-bond donors (Lipinski definition) is 0.